The van der Waals surface area contributed by atoms with E-state index in [1.807, 2.05) is 44.1 Å². The molecule has 0 aliphatic heterocycles. The van der Waals surface area contributed by atoms with Gasteiger partial charge in [0.1, 0.15) is 0 Å². The van der Waals surface area contributed by atoms with Crippen molar-refractivity contribution in [1.29, 1.82) is 0 Å². The lowest BCUT2D eigenvalue weighted by atomic mass is 10.1. The number of aromatic amines is 1. The minimum absolute atomic E-state index is 0.0480. The normalized spacial score (nSPS) is 10.9. The maximum Gasteiger partial charge on any atom is 0.195 e. The Morgan fingerprint density at radius 3 is 2.67 bits per heavy atom. The van der Waals surface area contributed by atoms with Crippen LogP contribution in [0.1, 0.15) is 11.3 Å². The second-order valence-corrected chi connectivity index (χ2v) is 4.62. The number of fused-ring (bicyclic) bond motifs is 1. The predicted molar refractivity (Wildman–Crippen MR) is 74.3 cm³/mol. The van der Waals surface area contributed by atoms with Gasteiger partial charge in [0, 0.05) is 49.1 Å². The highest BCUT2D eigenvalue weighted by atomic mass is 16.5. The molecule has 0 saturated carbocycles. The minimum atomic E-state index is 0.0480. The molecule has 0 aliphatic carbocycles. The number of benzene rings is 1. The van der Waals surface area contributed by atoms with Crippen LogP contribution in [0.2, 0.25) is 0 Å². The van der Waals surface area contributed by atoms with Gasteiger partial charge in [-0.1, -0.05) is 0 Å². The summed E-state index contributed by atoms with van der Waals surface area (Å²) in [5.74, 6) is 0. The Hall–Kier alpha value is -1.81. The largest absolute Gasteiger partial charge is 0.380 e. The van der Waals surface area contributed by atoms with Crippen LogP contribution in [-0.4, -0.2) is 26.2 Å². The number of nitrogens with one attached hydrogen (secondary N) is 1. The van der Waals surface area contributed by atoms with Crippen LogP contribution in [0.5, 0.6) is 0 Å². The van der Waals surface area contributed by atoms with Crippen molar-refractivity contribution in [3.63, 3.8) is 0 Å². The molecule has 4 nitrogen and oxygen atoms in total. The van der Waals surface area contributed by atoms with Gasteiger partial charge in [-0.15, -0.1) is 0 Å². The van der Waals surface area contributed by atoms with Crippen LogP contribution >= 0.6 is 0 Å². The van der Waals surface area contributed by atoms with Gasteiger partial charge in [0.05, 0.1) is 6.61 Å². The van der Waals surface area contributed by atoms with Gasteiger partial charge >= 0.3 is 0 Å². The van der Waals surface area contributed by atoms with Gasteiger partial charge in [0.25, 0.3) is 0 Å². The minimum Gasteiger partial charge on any atom is -0.380 e. The van der Waals surface area contributed by atoms with E-state index in [4.69, 9.17) is 4.74 Å². The molecule has 1 aromatic heterocycles. The number of rotatable bonds is 3. The fourth-order valence-electron chi connectivity index (χ4n) is 2.04. The molecule has 1 aromatic carbocycles. The number of nitrogens with zero attached hydrogens (tertiary/aromatic N) is 1. The molecule has 0 atom stereocenters. The molecular weight excluding hydrogens is 228 g/mol. The van der Waals surface area contributed by atoms with Crippen LogP contribution in [0, 0.1) is 6.92 Å². The van der Waals surface area contributed by atoms with E-state index in [0.29, 0.717) is 17.6 Å². The third-order valence-electron chi connectivity index (χ3n) is 3.10. The van der Waals surface area contributed by atoms with E-state index < -0.39 is 0 Å². The monoisotopic (exact) mass is 246 g/mol. The number of ether oxygens (including phenoxy) is 1. The Labute approximate surface area is 106 Å². The van der Waals surface area contributed by atoms with Crippen molar-refractivity contribution in [2.75, 3.05) is 26.1 Å². The molecular formula is C14H18N2O2. The summed E-state index contributed by atoms with van der Waals surface area (Å²) in [5.41, 5.74) is 3.49. The molecule has 0 radical (unpaired) electrons. The molecule has 1 heterocycles. The average Bonchev–Trinajstić information content (AvgIpc) is 2.34. The van der Waals surface area contributed by atoms with Gasteiger partial charge in [-0.25, -0.2) is 0 Å². The van der Waals surface area contributed by atoms with Gasteiger partial charge in [-0.3, -0.25) is 4.79 Å². The maximum atomic E-state index is 12.4. The predicted octanol–water partition coefficient (Wildman–Crippen LogP) is 2.05. The van der Waals surface area contributed by atoms with Crippen molar-refractivity contribution >= 4 is 16.6 Å². The zero-order chi connectivity index (χ0) is 13.3. The Morgan fingerprint density at radius 1 is 1.33 bits per heavy atom. The van der Waals surface area contributed by atoms with Crippen molar-refractivity contribution in [1.82, 2.24) is 4.98 Å². The van der Waals surface area contributed by atoms with Crippen molar-refractivity contribution in [2.24, 2.45) is 0 Å². The van der Waals surface area contributed by atoms with Crippen LogP contribution in [0.25, 0.3) is 10.9 Å². The number of pyridine rings is 1. The van der Waals surface area contributed by atoms with E-state index >= 15 is 0 Å². The number of methoxy groups -OCH3 is 1. The molecule has 18 heavy (non-hydrogen) atoms. The van der Waals surface area contributed by atoms with E-state index in [2.05, 4.69) is 4.98 Å². The molecule has 96 valence electrons. The first kappa shape index (κ1) is 12.6. The van der Waals surface area contributed by atoms with Crippen molar-refractivity contribution in [3.8, 4) is 0 Å². The smallest absolute Gasteiger partial charge is 0.195 e. The number of hydrogen-bond donors (Lipinski definition) is 1. The van der Waals surface area contributed by atoms with E-state index in [1.54, 1.807) is 7.11 Å². The zero-order valence-corrected chi connectivity index (χ0v) is 11.2. The number of aryl methyl sites for hydroxylation is 1. The van der Waals surface area contributed by atoms with Gasteiger partial charge in [-0.05, 0) is 25.1 Å². The summed E-state index contributed by atoms with van der Waals surface area (Å²) in [5, 5.41) is 0.707. The van der Waals surface area contributed by atoms with Gasteiger partial charge in [-0.2, -0.15) is 0 Å². The summed E-state index contributed by atoms with van der Waals surface area (Å²) in [4.78, 5) is 17.6. The molecule has 0 unspecified atom stereocenters. The molecule has 0 fully saturated rings. The van der Waals surface area contributed by atoms with E-state index in [0.717, 1.165) is 16.9 Å². The summed E-state index contributed by atoms with van der Waals surface area (Å²) < 4.78 is 5.09. The second kappa shape index (κ2) is 4.82. The molecule has 0 bridgehead atoms. The fourth-order valence-corrected chi connectivity index (χ4v) is 2.04. The molecule has 4 heteroatoms. The molecule has 0 spiro atoms. The molecule has 2 aromatic rings. The Balaban J connectivity index is 2.73. The molecule has 0 saturated heterocycles. The topological polar surface area (TPSA) is 45.3 Å². The zero-order valence-electron chi connectivity index (χ0n) is 11.2. The third-order valence-corrected chi connectivity index (χ3v) is 3.10. The summed E-state index contributed by atoms with van der Waals surface area (Å²) in [6.07, 6.45) is 0. The quantitative estimate of drug-likeness (QED) is 0.901. The van der Waals surface area contributed by atoms with Crippen LogP contribution in [0.15, 0.2) is 23.0 Å². The van der Waals surface area contributed by atoms with Crippen molar-refractivity contribution < 1.29 is 4.74 Å². The first-order valence-electron chi connectivity index (χ1n) is 5.86. The van der Waals surface area contributed by atoms with E-state index in [1.165, 1.54) is 0 Å². The van der Waals surface area contributed by atoms with Crippen molar-refractivity contribution in [3.05, 3.63) is 39.7 Å². The lowest BCUT2D eigenvalue weighted by Gasteiger charge is -2.14. The first-order chi connectivity index (χ1) is 8.54. The highest BCUT2D eigenvalue weighted by Crippen LogP contribution is 2.18. The molecule has 0 amide bonds. The molecule has 1 N–H and O–H groups in total. The van der Waals surface area contributed by atoms with Crippen LogP contribution in [0.4, 0.5) is 5.69 Å². The lowest BCUT2D eigenvalue weighted by molar-refractivity contribution is 0.183. The van der Waals surface area contributed by atoms with Crippen LogP contribution in [-0.2, 0) is 11.3 Å². The summed E-state index contributed by atoms with van der Waals surface area (Å²) in [6, 6.07) is 5.84. The first-order valence-corrected chi connectivity index (χ1v) is 5.86. The van der Waals surface area contributed by atoms with E-state index in [-0.39, 0.29) is 5.43 Å². The number of H-pyrrole nitrogens is 1. The van der Waals surface area contributed by atoms with Gasteiger partial charge in [0.15, 0.2) is 5.43 Å². The highest BCUT2D eigenvalue weighted by Gasteiger charge is 2.10. The van der Waals surface area contributed by atoms with Gasteiger partial charge < -0.3 is 14.6 Å². The number of aromatic nitrogens is 1. The third kappa shape index (κ3) is 2.11. The fraction of sp³-hybridized carbons (Fsp3) is 0.357. The van der Waals surface area contributed by atoms with Crippen LogP contribution in [0.3, 0.4) is 0 Å². The molecule has 0 aliphatic rings. The average molecular weight is 246 g/mol. The summed E-state index contributed by atoms with van der Waals surface area (Å²) in [6.45, 7) is 2.23. The van der Waals surface area contributed by atoms with Crippen molar-refractivity contribution in [2.45, 2.75) is 13.5 Å². The number of anilines is 1. The Morgan fingerprint density at radius 2 is 2.06 bits per heavy atom. The van der Waals surface area contributed by atoms with Crippen LogP contribution < -0.4 is 10.3 Å². The standard InChI is InChI=1S/C14H18N2O2/c1-9-12(8-18-4)14(17)11-7-10(16(2)3)5-6-13(11)15-9/h5-7H,8H2,1-4H3,(H,15,17). The molecule has 2 rings (SSSR count). The summed E-state index contributed by atoms with van der Waals surface area (Å²) >= 11 is 0. The van der Waals surface area contributed by atoms with Gasteiger partial charge in [0.2, 0.25) is 0 Å². The maximum absolute atomic E-state index is 12.4. The Kier molecular flexibility index (Phi) is 3.39. The second-order valence-electron chi connectivity index (χ2n) is 4.62. The number of hydrogen-bond acceptors (Lipinski definition) is 3. The lowest BCUT2D eigenvalue weighted by Crippen LogP contribution is -2.15. The van der Waals surface area contributed by atoms with E-state index in [9.17, 15) is 4.79 Å². The highest BCUT2D eigenvalue weighted by molar-refractivity contribution is 5.83. The SMILES string of the molecule is COCc1c(C)[nH]c2ccc(N(C)C)cc2c1=O. The summed E-state index contributed by atoms with van der Waals surface area (Å²) in [7, 11) is 5.51. The Bertz CT molecular complexity index is 629.